The summed E-state index contributed by atoms with van der Waals surface area (Å²) in [5, 5.41) is 17.4. The predicted molar refractivity (Wildman–Crippen MR) is 90.9 cm³/mol. The second-order valence-electron chi connectivity index (χ2n) is 6.07. The van der Waals surface area contributed by atoms with Crippen LogP contribution in [0.1, 0.15) is 25.8 Å². The zero-order chi connectivity index (χ0) is 16.8. The molecule has 0 aliphatic heterocycles. The van der Waals surface area contributed by atoms with Crippen LogP contribution in [0.5, 0.6) is 0 Å². The largest absolute Gasteiger partial charge is 0.481 e. The van der Waals surface area contributed by atoms with Crippen LogP contribution in [0.4, 0.5) is 0 Å². The smallest absolute Gasteiger partial charge is 0.307 e. The molecule has 0 spiro atoms. The maximum absolute atomic E-state index is 11.2. The van der Waals surface area contributed by atoms with Crippen LogP contribution in [-0.4, -0.2) is 27.4 Å². The molecule has 0 saturated heterocycles. The molecule has 0 saturated carbocycles. The Labute approximate surface area is 141 Å². The van der Waals surface area contributed by atoms with Gasteiger partial charge in [-0.2, -0.15) is 5.10 Å². The van der Waals surface area contributed by atoms with Gasteiger partial charge in [0.05, 0.1) is 17.8 Å². The number of halogens is 1. The van der Waals surface area contributed by atoms with Crippen molar-refractivity contribution < 1.29 is 9.90 Å². The molecule has 0 fully saturated rings. The second-order valence-corrected chi connectivity index (χ2v) is 6.50. The number of nitrogens with one attached hydrogen (secondary N) is 1. The summed E-state index contributed by atoms with van der Waals surface area (Å²) < 4.78 is 1.77. The Kier molecular flexibility index (Phi) is 6.19. The summed E-state index contributed by atoms with van der Waals surface area (Å²) >= 11 is 5.88. The summed E-state index contributed by atoms with van der Waals surface area (Å²) in [7, 11) is 0. The van der Waals surface area contributed by atoms with Crippen LogP contribution >= 0.6 is 11.6 Å². The van der Waals surface area contributed by atoms with Crippen LogP contribution in [0.15, 0.2) is 36.7 Å². The molecule has 0 amide bonds. The molecule has 1 heterocycles. The van der Waals surface area contributed by atoms with Crippen molar-refractivity contribution >= 4 is 17.6 Å². The number of nitrogens with zero attached hydrogens (tertiary/aromatic N) is 2. The average molecular weight is 336 g/mol. The number of carboxylic acids is 1. The van der Waals surface area contributed by atoms with Gasteiger partial charge in [0.1, 0.15) is 0 Å². The molecule has 5 nitrogen and oxygen atoms in total. The molecule has 6 heteroatoms. The van der Waals surface area contributed by atoms with Crippen molar-refractivity contribution in [2.24, 2.45) is 11.8 Å². The first-order valence-corrected chi connectivity index (χ1v) is 8.06. The van der Waals surface area contributed by atoms with Gasteiger partial charge >= 0.3 is 5.97 Å². The first kappa shape index (κ1) is 17.5. The number of benzene rings is 1. The van der Waals surface area contributed by atoms with Crippen molar-refractivity contribution in [2.45, 2.75) is 26.8 Å². The first-order valence-electron chi connectivity index (χ1n) is 7.68. The summed E-state index contributed by atoms with van der Waals surface area (Å²) in [5.74, 6) is -0.741. The molecule has 0 aliphatic carbocycles. The maximum atomic E-state index is 11.2. The van der Waals surface area contributed by atoms with E-state index < -0.39 is 5.97 Å². The molecule has 0 aliphatic rings. The van der Waals surface area contributed by atoms with Gasteiger partial charge in [-0.25, -0.2) is 4.68 Å². The van der Waals surface area contributed by atoms with Gasteiger partial charge in [-0.05, 0) is 36.6 Å². The molecular weight excluding hydrogens is 314 g/mol. The molecule has 1 atom stereocenters. The van der Waals surface area contributed by atoms with Gasteiger partial charge in [0.2, 0.25) is 0 Å². The standard InChI is InChI=1S/C17H22ClN3O2/c1-12(2)7-14(17(22)23)10-19-8-13-9-20-21(11-13)16-5-3-15(18)4-6-16/h3-6,9,11-12,14,19H,7-8,10H2,1-2H3,(H,22,23). The van der Waals surface area contributed by atoms with E-state index in [4.69, 9.17) is 11.6 Å². The van der Waals surface area contributed by atoms with Crippen LogP contribution in [0.3, 0.4) is 0 Å². The van der Waals surface area contributed by atoms with Gasteiger partial charge in [0.15, 0.2) is 0 Å². The van der Waals surface area contributed by atoms with Crippen molar-refractivity contribution in [3.05, 3.63) is 47.2 Å². The summed E-state index contributed by atoms with van der Waals surface area (Å²) in [5.41, 5.74) is 1.94. The Bertz CT molecular complexity index is 638. The SMILES string of the molecule is CC(C)CC(CNCc1cnn(-c2ccc(Cl)cc2)c1)C(=O)O. The van der Waals surface area contributed by atoms with E-state index in [0.29, 0.717) is 30.5 Å². The maximum Gasteiger partial charge on any atom is 0.307 e. The normalized spacial score (nSPS) is 12.5. The van der Waals surface area contributed by atoms with Crippen LogP contribution in [0.25, 0.3) is 5.69 Å². The Morgan fingerprint density at radius 1 is 1.35 bits per heavy atom. The lowest BCUT2D eigenvalue weighted by Gasteiger charge is -2.15. The Morgan fingerprint density at radius 2 is 2.04 bits per heavy atom. The Hall–Kier alpha value is -1.85. The summed E-state index contributed by atoms with van der Waals surface area (Å²) in [4.78, 5) is 11.2. The number of rotatable bonds is 8. The predicted octanol–water partition coefficient (Wildman–Crippen LogP) is 3.36. The zero-order valence-corrected chi connectivity index (χ0v) is 14.1. The van der Waals surface area contributed by atoms with Gasteiger partial charge in [0, 0.05) is 29.9 Å². The third-order valence-electron chi connectivity index (χ3n) is 3.55. The van der Waals surface area contributed by atoms with E-state index >= 15 is 0 Å². The van der Waals surface area contributed by atoms with Crippen LogP contribution in [0, 0.1) is 11.8 Å². The summed E-state index contributed by atoms with van der Waals surface area (Å²) in [6.45, 7) is 5.12. The average Bonchev–Trinajstić information content (AvgIpc) is 2.95. The third-order valence-corrected chi connectivity index (χ3v) is 3.80. The third kappa shape index (κ3) is 5.37. The van der Waals surface area contributed by atoms with Gasteiger partial charge in [-0.3, -0.25) is 4.79 Å². The van der Waals surface area contributed by atoms with Gasteiger partial charge in [-0.15, -0.1) is 0 Å². The van der Waals surface area contributed by atoms with Gasteiger partial charge < -0.3 is 10.4 Å². The number of aliphatic carboxylic acids is 1. The Balaban J connectivity index is 1.89. The molecule has 124 valence electrons. The molecule has 1 aromatic carbocycles. The minimum atomic E-state index is -0.747. The quantitative estimate of drug-likeness (QED) is 0.776. The van der Waals surface area contributed by atoms with Crippen molar-refractivity contribution in [3.8, 4) is 5.69 Å². The van der Waals surface area contributed by atoms with Crippen molar-refractivity contribution in [3.63, 3.8) is 0 Å². The minimum absolute atomic E-state index is 0.360. The lowest BCUT2D eigenvalue weighted by atomic mass is 9.97. The molecule has 23 heavy (non-hydrogen) atoms. The number of hydrogen-bond donors (Lipinski definition) is 2. The fourth-order valence-corrected chi connectivity index (χ4v) is 2.54. The number of carbonyl (C=O) groups is 1. The summed E-state index contributed by atoms with van der Waals surface area (Å²) in [6, 6.07) is 7.44. The van der Waals surface area contributed by atoms with E-state index in [-0.39, 0.29) is 5.92 Å². The minimum Gasteiger partial charge on any atom is -0.481 e. The van der Waals surface area contributed by atoms with E-state index in [1.807, 2.05) is 44.3 Å². The molecule has 1 unspecified atom stereocenters. The fourth-order valence-electron chi connectivity index (χ4n) is 2.42. The first-order chi connectivity index (χ1) is 11.0. The highest BCUT2D eigenvalue weighted by Crippen LogP contribution is 2.14. The molecule has 2 rings (SSSR count). The fraction of sp³-hybridized carbons (Fsp3) is 0.412. The Morgan fingerprint density at radius 3 is 2.65 bits per heavy atom. The van der Waals surface area contributed by atoms with Crippen molar-refractivity contribution in [2.75, 3.05) is 6.54 Å². The zero-order valence-electron chi connectivity index (χ0n) is 13.4. The molecular formula is C17H22ClN3O2. The van der Waals surface area contributed by atoms with E-state index in [0.717, 1.165) is 11.3 Å². The van der Waals surface area contributed by atoms with Gasteiger partial charge in [0.25, 0.3) is 0 Å². The molecule has 0 bridgehead atoms. The van der Waals surface area contributed by atoms with E-state index in [1.54, 1.807) is 10.9 Å². The highest BCUT2D eigenvalue weighted by atomic mass is 35.5. The van der Waals surface area contributed by atoms with Crippen molar-refractivity contribution in [1.29, 1.82) is 0 Å². The second kappa shape index (κ2) is 8.13. The topological polar surface area (TPSA) is 67.2 Å². The molecule has 0 radical (unpaired) electrons. The van der Waals surface area contributed by atoms with E-state index in [2.05, 4.69) is 10.4 Å². The molecule has 2 N–H and O–H groups in total. The highest BCUT2D eigenvalue weighted by Gasteiger charge is 2.18. The monoisotopic (exact) mass is 335 g/mol. The van der Waals surface area contributed by atoms with Crippen LogP contribution in [0.2, 0.25) is 5.02 Å². The molecule has 1 aromatic heterocycles. The van der Waals surface area contributed by atoms with Crippen LogP contribution in [-0.2, 0) is 11.3 Å². The molecule has 2 aromatic rings. The van der Waals surface area contributed by atoms with Crippen LogP contribution < -0.4 is 5.32 Å². The summed E-state index contributed by atoms with van der Waals surface area (Å²) in [6.07, 6.45) is 4.38. The van der Waals surface area contributed by atoms with Crippen molar-refractivity contribution in [1.82, 2.24) is 15.1 Å². The number of hydrogen-bond acceptors (Lipinski definition) is 3. The highest BCUT2D eigenvalue weighted by molar-refractivity contribution is 6.30. The van der Waals surface area contributed by atoms with E-state index in [1.165, 1.54) is 0 Å². The van der Waals surface area contributed by atoms with Gasteiger partial charge in [-0.1, -0.05) is 25.4 Å². The lowest BCUT2D eigenvalue weighted by Crippen LogP contribution is -2.29. The van der Waals surface area contributed by atoms with E-state index in [9.17, 15) is 9.90 Å². The lowest BCUT2D eigenvalue weighted by molar-refractivity contribution is -0.142. The number of aromatic nitrogens is 2. The number of carboxylic acid groups (broad SMARTS) is 1.